The van der Waals surface area contributed by atoms with Gasteiger partial charge in [-0.1, -0.05) is 25.1 Å². The molecule has 0 unspecified atom stereocenters. The van der Waals surface area contributed by atoms with Gasteiger partial charge in [-0.2, -0.15) is 5.10 Å². The number of hydrogen-bond acceptors (Lipinski definition) is 3. The Bertz CT molecular complexity index is 559. The van der Waals surface area contributed by atoms with Crippen LogP contribution in [0.1, 0.15) is 30.8 Å². The van der Waals surface area contributed by atoms with Crippen LogP contribution in [0.2, 0.25) is 0 Å². The maximum absolute atomic E-state index is 6.00. The fourth-order valence-electron chi connectivity index (χ4n) is 2.39. The van der Waals surface area contributed by atoms with E-state index < -0.39 is 0 Å². The summed E-state index contributed by atoms with van der Waals surface area (Å²) in [6.07, 6.45) is 0.981. The van der Waals surface area contributed by atoms with Crippen LogP contribution >= 0.6 is 0 Å². The van der Waals surface area contributed by atoms with Crippen molar-refractivity contribution in [2.45, 2.75) is 39.9 Å². The SMILES string of the molecule is CCc1cc(CN(C)Cc2ccccc2N)n(CC)n1. The van der Waals surface area contributed by atoms with Crippen LogP contribution in [0.25, 0.3) is 0 Å². The zero-order chi connectivity index (χ0) is 14.5. The summed E-state index contributed by atoms with van der Waals surface area (Å²) in [5.74, 6) is 0. The molecule has 1 aromatic carbocycles. The molecule has 4 heteroatoms. The van der Waals surface area contributed by atoms with Crippen molar-refractivity contribution in [3.63, 3.8) is 0 Å². The number of aryl methyl sites for hydroxylation is 2. The Morgan fingerprint density at radius 2 is 1.95 bits per heavy atom. The molecule has 20 heavy (non-hydrogen) atoms. The van der Waals surface area contributed by atoms with Gasteiger partial charge in [0.15, 0.2) is 0 Å². The largest absolute Gasteiger partial charge is 0.398 e. The predicted octanol–water partition coefficient (Wildman–Crippen LogP) is 2.68. The number of anilines is 1. The maximum atomic E-state index is 6.00. The summed E-state index contributed by atoms with van der Waals surface area (Å²) < 4.78 is 2.09. The minimum atomic E-state index is 0.850. The molecule has 0 saturated heterocycles. The molecule has 108 valence electrons. The highest BCUT2D eigenvalue weighted by Crippen LogP contribution is 2.15. The Hall–Kier alpha value is -1.81. The average molecular weight is 272 g/mol. The molecule has 1 heterocycles. The summed E-state index contributed by atoms with van der Waals surface area (Å²) in [5, 5.41) is 4.59. The van der Waals surface area contributed by atoms with Crippen LogP contribution < -0.4 is 5.73 Å². The molecule has 2 aromatic rings. The van der Waals surface area contributed by atoms with E-state index in [0.29, 0.717) is 0 Å². The minimum absolute atomic E-state index is 0.850. The van der Waals surface area contributed by atoms with Gasteiger partial charge in [-0.25, -0.2) is 0 Å². The standard InChI is InChI=1S/C16H24N4/c1-4-14-10-15(20(5-2)18-14)12-19(3)11-13-8-6-7-9-16(13)17/h6-10H,4-5,11-12,17H2,1-3H3. The van der Waals surface area contributed by atoms with Gasteiger partial charge in [0.2, 0.25) is 0 Å². The molecule has 0 bridgehead atoms. The summed E-state index contributed by atoms with van der Waals surface area (Å²) in [4.78, 5) is 2.27. The summed E-state index contributed by atoms with van der Waals surface area (Å²) >= 11 is 0. The van der Waals surface area contributed by atoms with Gasteiger partial charge in [0.1, 0.15) is 0 Å². The van der Waals surface area contributed by atoms with Crippen LogP contribution in [0.3, 0.4) is 0 Å². The maximum Gasteiger partial charge on any atom is 0.0625 e. The summed E-state index contributed by atoms with van der Waals surface area (Å²) in [6, 6.07) is 10.2. The van der Waals surface area contributed by atoms with Crippen molar-refractivity contribution in [2.24, 2.45) is 0 Å². The van der Waals surface area contributed by atoms with E-state index in [-0.39, 0.29) is 0 Å². The second kappa shape index (κ2) is 6.57. The van der Waals surface area contributed by atoms with E-state index in [4.69, 9.17) is 5.73 Å². The van der Waals surface area contributed by atoms with Crippen molar-refractivity contribution in [3.05, 3.63) is 47.3 Å². The lowest BCUT2D eigenvalue weighted by molar-refractivity contribution is 0.308. The zero-order valence-corrected chi connectivity index (χ0v) is 12.6. The molecule has 0 saturated carbocycles. The quantitative estimate of drug-likeness (QED) is 0.822. The number of benzene rings is 1. The third-order valence-corrected chi connectivity index (χ3v) is 3.50. The van der Waals surface area contributed by atoms with E-state index in [1.54, 1.807) is 0 Å². The molecule has 4 nitrogen and oxygen atoms in total. The zero-order valence-electron chi connectivity index (χ0n) is 12.6. The van der Waals surface area contributed by atoms with Crippen molar-refractivity contribution in [1.29, 1.82) is 0 Å². The molecule has 0 spiro atoms. The van der Waals surface area contributed by atoms with Crippen LogP contribution in [0.5, 0.6) is 0 Å². The van der Waals surface area contributed by atoms with Gasteiger partial charge in [-0.05, 0) is 38.1 Å². The molecule has 2 N–H and O–H groups in total. The second-order valence-corrected chi connectivity index (χ2v) is 5.17. The van der Waals surface area contributed by atoms with Gasteiger partial charge in [-0.3, -0.25) is 9.58 Å². The van der Waals surface area contributed by atoms with Crippen molar-refractivity contribution < 1.29 is 0 Å². The first kappa shape index (κ1) is 14.6. The second-order valence-electron chi connectivity index (χ2n) is 5.17. The Morgan fingerprint density at radius 3 is 2.60 bits per heavy atom. The van der Waals surface area contributed by atoms with Gasteiger partial charge in [-0.15, -0.1) is 0 Å². The number of hydrogen-bond donors (Lipinski definition) is 1. The summed E-state index contributed by atoms with van der Waals surface area (Å²) in [5.41, 5.74) is 10.5. The lowest BCUT2D eigenvalue weighted by Crippen LogP contribution is -2.20. The van der Waals surface area contributed by atoms with Crippen molar-refractivity contribution in [1.82, 2.24) is 14.7 Å². The van der Waals surface area contributed by atoms with E-state index in [1.807, 2.05) is 18.2 Å². The van der Waals surface area contributed by atoms with Crippen LogP contribution in [0, 0.1) is 0 Å². The topological polar surface area (TPSA) is 47.1 Å². The first-order valence-electron chi connectivity index (χ1n) is 7.21. The Balaban J connectivity index is 2.06. The molecule has 2 rings (SSSR count). The third kappa shape index (κ3) is 3.39. The summed E-state index contributed by atoms with van der Waals surface area (Å²) in [7, 11) is 2.12. The van der Waals surface area contributed by atoms with E-state index in [0.717, 1.165) is 37.4 Å². The first-order valence-corrected chi connectivity index (χ1v) is 7.21. The van der Waals surface area contributed by atoms with Crippen LogP contribution in [-0.2, 0) is 26.1 Å². The van der Waals surface area contributed by atoms with E-state index in [1.165, 1.54) is 11.3 Å². The van der Waals surface area contributed by atoms with Gasteiger partial charge in [0.25, 0.3) is 0 Å². The molecule has 0 aliphatic rings. The third-order valence-electron chi connectivity index (χ3n) is 3.50. The molecule has 0 amide bonds. The predicted molar refractivity (Wildman–Crippen MR) is 83.3 cm³/mol. The smallest absolute Gasteiger partial charge is 0.0625 e. The number of para-hydroxylation sites is 1. The highest BCUT2D eigenvalue weighted by atomic mass is 15.3. The van der Waals surface area contributed by atoms with E-state index in [9.17, 15) is 0 Å². The fraction of sp³-hybridized carbons (Fsp3) is 0.438. The lowest BCUT2D eigenvalue weighted by Gasteiger charge is -2.18. The van der Waals surface area contributed by atoms with Gasteiger partial charge in [0, 0.05) is 25.3 Å². The molecule has 0 aliphatic carbocycles. The van der Waals surface area contributed by atoms with E-state index >= 15 is 0 Å². The molecular formula is C16H24N4. The fourth-order valence-corrected chi connectivity index (χ4v) is 2.39. The summed E-state index contributed by atoms with van der Waals surface area (Å²) in [6.45, 7) is 6.92. The van der Waals surface area contributed by atoms with Crippen LogP contribution in [-0.4, -0.2) is 21.7 Å². The minimum Gasteiger partial charge on any atom is -0.398 e. The Kier molecular flexibility index (Phi) is 4.79. The first-order chi connectivity index (χ1) is 9.63. The van der Waals surface area contributed by atoms with Crippen LogP contribution in [0.15, 0.2) is 30.3 Å². The number of nitrogens with two attached hydrogens (primary N) is 1. The highest BCUT2D eigenvalue weighted by molar-refractivity contribution is 5.46. The lowest BCUT2D eigenvalue weighted by atomic mass is 10.1. The highest BCUT2D eigenvalue weighted by Gasteiger charge is 2.09. The number of nitrogens with zero attached hydrogens (tertiary/aromatic N) is 3. The molecule has 0 atom stereocenters. The normalized spacial score (nSPS) is 11.2. The van der Waals surface area contributed by atoms with Gasteiger partial charge >= 0.3 is 0 Å². The Morgan fingerprint density at radius 1 is 1.20 bits per heavy atom. The number of rotatable bonds is 6. The van der Waals surface area contributed by atoms with Gasteiger partial charge in [0.05, 0.1) is 11.4 Å². The van der Waals surface area contributed by atoms with Crippen molar-refractivity contribution in [2.75, 3.05) is 12.8 Å². The number of aromatic nitrogens is 2. The van der Waals surface area contributed by atoms with Gasteiger partial charge < -0.3 is 5.73 Å². The molecule has 0 fully saturated rings. The Labute approximate surface area is 121 Å². The van der Waals surface area contributed by atoms with Crippen LogP contribution in [0.4, 0.5) is 5.69 Å². The average Bonchev–Trinajstić information content (AvgIpc) is 2.83. The molecule has 1 aromatic heterocycles. The molecule has 0 radical (unpaired) electrons. The van der Waals surface area contributed by atoms with Crippen molar-refractivity contribution in [3.8, 4) is 0 Å². The van der Waals surface area contributed by atoms with E-state index in [2.05, 4.69) is 47.7 Å². The monoisotopic (exact) mass is 272 g/mol. The number of nitrogen functional groups attached to an aromatic ring is 1. The molecule has 0 aliphatic heterocycles. The molecular weight excluding hydrogens is 248 g/mol. The van der Waals surface area contributed by atoms with Crippen molar-refractivity contribution >= 4 is 5.69 Å².